The first-order valence-electron chi connectivity index (χ1n) is 10.9. The summed E-state index contributed by atoms with van der Waals surface area (Å²) in [6.07, 6.45) is 10.4. The molecule has 1 amide bonds. The van der Waals surface area contributed by atoms with Crippen LogP contribution in [0.5, 0.6) is 5.88 Å². The molecule has 5 aromatic heterocycles. The second-order valence-corrected chi connectivity index (χ2v) is 7.97. The van der Waals surface area contributed by atoms with Gasteiger partial charge in [0.1, 0.15) is 5.65 Å². The van der Waals surface area contributed by atoms with Crippen LogP contribution in [0.4, 0.5) is 0 Å². The molecule has 0 bridgehead atoms. The smallest absolute Gasteiger partial charge is 0.243 e. The number of rotatable bonds is 7. The highest BCUT2D eigenvalue weighted by atomic mass is 16.5. The third-order valence-electron chi connectivity index (χ3n) is 5.63. The molecule has 0 saturated carbocycles. The van der Waals surface area contributed by atoms with Crippen molar-refractivity contribution in [3.8, 4) is 39.4 Å². The van der Waals surface area contributed by atoms with E-state index < -0.39 is 0 Å². The number of methoxy groups -OCH3 is 1. The first-order valence-corrected chi connectivity index (χ1v) is 10.9. The maximum Gasteiger partial charge on any atom is 0.243 e. The van der Waals surface area contributed by atoms with Crippen molar-refractivity contribution in [2.24, 2.45) is 7.05 Å². The number of ether oxygens (including phenoxy) is 1. The quantitative estimate of drug-likeness (QED) is 0.353. The molecule has 0 aromatic carbocycles. The number of hydrogen-bond donors (Lipinski definition) is 2. The Morgan fingerprint density at radius 1 is 1.14 bits per heavy atom. The molecule has 9 nitrogen and oxygen atoms in total. The summed E-state index contributed by atoms with van der Waals surface area (Å²) in [5.74, 6) is 0.287. The molecule has 0 unspecified atom stereocenters. The highest BCUT2D eigenvalue weighted by Gasteiger charge is 2.13. The summed E-state index contributed by atoms with van der Waals surface area (Å²) in [6, 6.07) is 9.87. The monoisotopic (exact) mass is 465 g/mol. The van der Waals surface area contributed by atoms with Gasteiger partial charge in [-0.1, -0.05) is 6.58 Å². The Bertz CT molecular complexity index is 1550. The number of hydrogen-bond acceptors (Lipinski definition) is 6. The molecule has 0 aliphatic carbocycles. The molecule has 0 aliphatic heterocycles. The lowest BCUT2D eigenvalue weighted by molar-refractivity contribution is -0.116. The topological polar surface area (TPSA) is 111 Å². The van der Waals surface area contributed by atoms with Gasteiger partial charge in [-0.2, -0.15) is 5.10 Å². The van der Waals surface area contributed by atoms with E-state index in [9.17, 15) is 4.79 Å². The van der Waals surface area contributed by atoms with Crippen molar-refractivity contribution in [3.63, 3.8) is 0 Å². The van der Waals surface area contributed by atoms with E-state index in [0.717, 1.165) is 44.5 Å². The van der Waals surface area contributed by atoms with Crippen LogP contribution in [0, 0.1) is 0 Å². The number of H-pyrrole nitrogens is 1. The minimum Gasteiger partial charge on any atom is -0.481 e. The molecule has 5 aromatic rings. The summed E-state index contributed by atoms with van der Waals surface area (Å²) in [6.45, 7) is 3.78. The van der Waals surface area contributed by atoms with Gasteiger partial charge in [-0.15, -0.1) is 0 Å². The Balaban J connectivity index is 1.60. The van der Waals surface area contributed by atoms with Crippen LogP contribution in [-0.2, 0) is 18.4 Å². The fourth-order valence-electron chi connectivity index (χ4n) is 3.88. The summed E-state index contributed by atoms with van der Waals surface area (Å²) in [7, 11) is 3.46. The summed E-state index contributed by atoms with van der Waals surface area (Å²) < 4.78 is 7.02. The molecule has 0 atom stereocenters. The molecule has 0 radical (unpaired) electrons. The summed E-state index contributed by atoms with van der Waals surface area (Å²) in [5, 5.41) is 8.04. The van der Waals surface area contributed by atoms with Crippen molar-refractivity contribution < 1.29 is 9.53 Å². The van der Waals surface area contributed by atoms with Crippen LogP contribution >= 0.6 is 0 Å². The molecule has 0 fully saturated rings. The Hall–Kier alpha value is -4.79. The van der Waals surface area contributed by atoms with Crippen LogP contribution in [0.1, 0.15) is 5.69 Å². The summed E-state index contributed by atoms with van der Waals surface area (Å²) in [5.41, 5.74) is 6.94. The zero-order valence-corrected chi connectivity index (χ0v) is 19.3. The fourth-order valence-corrected chi connectivity index (χ4v) is 3.88. The van der Waals surface area contributed by atoms with Gasteiger partial charge in [0.2, 0.25) is 11.8 Å². The van der Waals surface area contributed by atoms with Crippen LogP contribution in [0.3, 0.4) is 0 Å². The average Bonchev–Trinajstić information content (AvgIpc) is 3.53. The number of nitrogens with zero attached hydrogens (tertiary/aromatic N) is 5. The molecular formula is C26H23N7O2. The van der Waals surface area contributed by atoms with Crippen molar-refractivity contribution in [1.82, 2.24) is 35.0 Å². The highest BCUT2D eigenvalue weighted by Crippen LogP contribution is 2.33. The van der Waals surface area contributed by atoms with Crippen molar-refractivity contribution in [3.05, 3.63) is 79.7 Å². The number of aryl methyl sites for hydroxylation is 1. The van der Waals surface area contributed by atoms with E-state index in [0.29, 0.717) is 11.6 Å². The lowest BCUT2D eigenvalue weighted by Gasteiger charge is -2.10. The molecule has 35 heavy (non-hydrogen) atoms. The number of aromatic nitrogens is 6. The maximum atomic E-state index is 11.7. The molecule has 0 spiro atoms. The predicted octanol–water partition coefficient (Wildman–Crippen LogP) is 3.90. The van der Waals surface area contributed by atoms with E-state index in [1.54, 1.807) is 24.2 Å². The van der Waals surface area contributed by atoms with Gasteiger partial charge in [-0.3, -0.25) is 14.5 Å². The second-order valence-electron chi connectivity index (χ2n) is 7.97. The number of fused-ring (bicyclic) bond motifs is 1. The molecule has 9 heteroatoms. The first kappa shape index (κ1) is 22.0. The number of aromatic amines is 1. The standard InChI is InChI=1S/C26H23N7O2/c1-4-24(34)28-13-20-7-17(9-23(32-20)19-12-31-33(2)15-19)18-8-21-22(14-30-26(21)29-11-18)16-5-6-27-25(10-16)35-3/h4-12,14-15H,1,13H2,2-3H3,(H,28,34)(H,29,30). The Morgan fingerprint density at radius 3 is 2.80 bits per heavy atom. The van der Waals surface area contributed by atoms with Gasteiger partial charge in [-0.05, 0) is 41.5 Å². The predicted molar refractivity (Wildman–Crippen MR) is 133 cm³/mol. The fraction of sp³-hybridized carbons (Fsp3) is 0.115. The number of carbonyl (C=O) groups is 1. The molecular weight excluding hydrogens is 442 g/mol. The first-order chi connectivity index (χ1) is 17.0. The van der Waals surface area contributed by atoms with E-state index in [4.69, 9.17) is 9.72 Å². The second kappa shape index (κ2) is 9.22. The number of pyridine rings is 3. The zero-order chi connectivity index (χ0) is 24.4. The summed E-state index contributed by atoms with van der Waals surface area (Å²) in [4.78, 5) is 28.6. The molecule has 0 aliphatic rings. The van der Waals surface area contributed by atoms with Crippen molar-refractivity contribution in [2.45, 2.75) is 6.54 Å². The van der Waals surface area contributed by atoms with E-state index >= 15 is 0 Å². The van der Waals surface area contributed by atoms with Crippen molar-refractivity contribution in [1.29, 1.82) is 0 Å². The van der Waals surface area contributed by atoms with Crippen LogP contribution in [0.2, 0.25) is 0 Å². The molecule has 0 saturated heterocycles. The normalized spacial score (nSPS) is 10.9. The van der Waals surface area contributed by atoms with Gasteiger partial charge >= 0.3 is 0 Å². The molecule has 5 rings (SSSR count). The number of nitrogens with one attached hydrogen (secondary N) is 2. The van der Waals surface area contributed by atoms with Crippen LogP contribution in [-0.4, -0.2) is 42.7 Å². The Morgan fingerprint density at radius 2 is 2.03 bits per heavy atom. The van der Waals surface area contributed by atoms with Crippen LogP contribution in [0.15, 0.2) is 74.0 Å². The van der Waals surface area contributed by atoms with Gasteiger partial charge < -0.3 is 15.0 Å². The largest absolute Gasteiger partial charge is 0.481 e. The SMILES string of the molecule is C=CC(=O)NCc1cc(-c2cnc3[nH]cc(-c4ccnc(OC)c4)c3c2)cc(-c2cnn(C)c2)n1. The zero-order valence-electron chi connectivity index (χ0n) is 19.3. The minimum absolute atomic E-state index is 0.257. The number of amides is 1. The Labute approximate surface area is 201 Å². The molecule has 5 heterocycles. The summed E-state index contributed by atoms with van der Waals surface area (Å²) >= 11 is 0. The highest BCUT2D eigenvalue weighted by molar-refractivity contribution is 5.96. The molecule has 2 N–H and O–H groups in total. The van der Waals surface area contributed by atoms with Gasteiger partial charge in [0.25, 0.3) is 0 Å². The van der Waals surface area contributed by atoms with E-state index in [-0.39, 0.29) is 12.5 Å². The van der Waals surface area contributed by atoms with Gasteiger partial charge in [0, 0.05) is 60.0 Å². The van der Waals surface area contributed by atoms with Gasteiger partial charge in [0.15, 0.2) is 0 Å². The lowest BCUT2D eigenvalue weighted by Crippen LogP contribution is -2.20. The van der Waals surface area contributed by atoms with Gasteiger partial charge in [-0.25, -0.2) is 9.97 Å². The van der Waals surface area contributed by atoms with E-state index in [1.165, 1.54) is 6.08 Å². The minimum atomic E-state index is -0.257. The van der Waals surface area contributed by atoms with E-state index in [1.807, 2.05) is 49.9 Å². The lowest BCUT2D eigenvalue weighted by atomic mass is 10.0. The molecule has 174 valence electrons. The van der Waals surface area contributed by atoms with Crippen LogP contribution < -0.4 is 10.1 Å². The van der Waals surface area contributed by atoms with Crippen molar-refractivity contribution >= 4 is 16.9 Å². The maximum absolute atomic E-state index is 11.7. The van der Waals surface area contributed by atoms with Gasteiger partial charge in [0.05, 0.1) is 31.2 Å². The van der Waals surface area contributed by atoms with Crippen LogP contribution in [0.25, 0.3) is 44.5 Å². The third kappa shape index (κ3) is 4.51. The number of carbonyl (C=O) groups excluding carboxylic acids is 1. The average molecular weight is 466 g/mol. The van der Waals surface area contributed by atoms with E-state index in [2.05, 4.69) is 38.0 Å². The third-order valence-corrected chi connectivity index (χ3v) is 5.63. The Kier molecular flexibility index (Phi) is 5.80. The van der Waals surface area contributed by atoms with Crippen molar-refractivity contribution in [2.75, 3.05) is 7.11 Å².